The molecule has 3 heteroatoms. The molecule has 0 spiro atoms. The van der Waals surface area contributed by atoms with Gasteiger partial charge in [0.25, 0.3) is 0 Å². The van der Waals surface area contributed by atoms with E-state index >= 15 is 0 Å². The lowest BCUT2D eigenvalue weighted by atomic mass is 10.1. The first-order valence-electron chi connectivity index (χ1n) is 7.23. The second-order valence-corrected chi connectivity index (χ2v) is 6.40. The van der Waals surface area contributed by atoms with Crippen molar-refractivity contribution in [1.29, 1.82) is 0 Å². The zero-order valence-electron chi connectivity index (χ0n) is 11.5. The molecule has 2 N–H and O–H groups in total. The van der Waals surface area contributed by atoms with Crippen LogP contribution in [0.4, 0.5) is 0 Å². The maximum atomic E-state index is 9.86. The van der Waals surface area contributed by atoms with Gasteiger partial charge in [-0.1, -0.05) is 13.8 Å². The number of nitrogens with one attached hydrogen (secondary N) is 1. The van der Waals surface area contributed by atoms with Gasteiger partial charge in [-0.3, -0.25) is 4.90 Å². The Balaban J connectivity index is 1.66. The summed E-state index contributed by atoms with van der Waals surface area (Å²) in [6.07, 6.45) is 4.76. The van der Waals surface area contributed by atoms with Crippen LogP contribution in [0.2, 0.25) is 0 Å². The van der Waals surface area contributed by atoms with Gasteiger partial charge in [0.1, 0.15) is 0 Å². The molecular formula is C14H28N2O. The second kappa shape index (κ2) is 5.68. The average molecular weight is 240 g/mol. The maximum absolute atomic E-state index is 9.86. The average Bonchev–Trinajstić information content (AvgIpc) is 2.99. The van der Waals surface area contributed by atoms with E-state index in [1.807, 2.05) is 0 Å². The lowest BCUT2D eigenvalue weighted by Crippen LogP contribution is -2.38. The molecule has 100 valence electrons. The fraction of sp³-hybridized carbons (Fsp3) is 1.00. The van der Waals surface area contributed by atoms with E-state index in [1.54, 1.807) is 0 Å². The molecule has 1 aliphatic carbocycles. The summed E-state index contributed by atoms with van der Waals surface area (Å²) < 4.78 is 0. The van der Waals surface area contributed by atoms with E-state index in [0.717, 1.165) is 25.0 Å². The van der Waals surface area contributed by atoms with Gasteiger partial charge in [-0.2, -0.15) is 0 Å². The predicted molar refractivity (Wildman–Crippen MR) is 71.1 cm³/mol. The van der Waals surface area contributed by atoms with E-state index in [2.05, 4.69) is 31.0 Å². The summed E-state index contributed by atoms with van der Waals surface area (Å²) in [6, 6.07) is 2.19. The van der Waals surface area contributed by atoms with Crippen LogP contribution in [0, 0.1) is 5.92 Å². The standard InChI is InChI=1S/C14H28N2O/c1-10(2)6-14(17)8-15-12-7-11(3)16(9-12)13-4-5-13/h10-15,17H,4-9H2,1-3H3. The van der Waals surface area contributed by atoms with Crippen molar-refractivity contribution in [3.05, 3.63) is 0 Å². The molecule has 0 aromatic carbocycles. The van der Waals surface area contributed by atoms with Crippen molar-refractivity contribution in [2.24, 2.45) is 5.92 Å². The van der Waals surface area contributed by atoms with Crippen molar-refractivity contribution in [2.75, 3.05) is 13.1 Å². The Kier molecular flexibility index (Phi) is 4.45. The number of hydrogen-bond donors (Lipinski definition) is 2. The van der Waals surface area contributed by atoms with E-state index in [1.165, 1.54) is 25.8 Å². The van der Waals surface area contributed by atoms with Gasteiger partial charge < -0.3 is 10.4 Å². The van der Waals surface area contributed by atoms with Gasteiger partial charge in [-0.15, -0.1) is 0 Å². The molecule has 0 radical (unpaired) electrons. The summed E-state index contributed by atoms with van der Waals surface area (Å²) in [5, 5.41) is 13.4. The first kappa shape index (κ1) is 13.3. The lowest BCUT2D eigenvalue weighted by molar-refractivity contribution is 0.142. The van der Waals surface area contributed by atoms with E-state index in [0.29, 0.717) is 12.0 Å². The quantitative estimate of drug-likeness (QED) is 0.740. The molecule has 3 unspecified atom stereocenters. The second-order valence-electron chi connectivity index (χ2n) is 6.40. The molecule has 1 saturated carbocycles. The molecule has 1 heterocycles. The first-order chi connectivity index (χ1) is 8.06. The Morgan fingerprint density at radius 1 is 1.35 bits per heavy atom. The zero-order valence-corrected chi connectivity index (χ0v) is 11.5. The Labute approximate surface area is 106 Å². The van der Waals surface area contributed by atoms with Crippen LogP contribution in [-0.4, -0.2) is 47.3 Å². The molecule has 3 atom stereocenters. The summed E-state index contributed by atoms with van der Waals surface area (Å²) in [6.45, 7) is 8.60. The molecule has 0 aromatic rings. The highest BCUT2D eigenvalue weighted by Gasteiger charge is 2.38. The largest absolute Gasteiger partial charge is 0.392 e. The van der Waals surface area contributed by atoms with E-state index in [-0.39, 0.29) is 6.10 Å². The molecule has 0 aromatic heterocycles. The smallest absolute Gasteiger partial charge is 0.0667 e. The number of hydrogen-bond acceptors (Lipinski definition) is 3. The Morgan fingerprint density at radius 3 is 2.65 bits per heavy atom. The fourth-order valence-electron chi connectivity index (χ4n) is 3.05. The minimum atomic E-state index is -0.180. The summed E-state index contributed by atoms with van der Waals surface area (Å²) in [5.74, 6) is 0.581. The monoisotopic (exact) mass is 240 g/mol. The van der Waals surface area contributed by atoms with E-state index < -0.39 is 0 Å². The van der Waals surface area contributed by atoms with Gasteiger partial charge >= 0.3 is 0 Å². The third-order valence-corrected chi connectivity index (χ3v) is 4.02. The fourth-order valence-corrected chi connectivity index (χ4v) is 3.05. The summed E-state index contributed by atoms with van der Waals surface area (Å²) in [4.78, 5) is 2.65. The molecule has 2 aliphatic rings. The molecule has 2 fully saturated rings. The highest BCUT2D eigenvalue weighted by Crippen LogP contribution is 2.33. The predicted octanol–water partition coefficient (Wildman–Crippen LogP) is 1.61. The summed E-state index contributed by atoms with van der Waals surface area (Å²) >= 11 is 0. The lowest BCUT2D eigenvalue weighted by Gasteiger charge is -2.20. The normalized spacial score (nSPS) is 32.3. The summed E-state index contributed by atoms with van der Waals surface area (Å²) in [5.41, 5.74) is 0. The number of aliphatic hydroxyl groups excluding tert-OH is 1. The minimum absolute atomic E-state index is 0.180. The van der Waals surface area contributed by atoms with Crippen LogP contribution in [0.5, 0.6) is 0 Å². The Bertz CT molecular complexity index is 240. The number of likely N-dealkylation sites (tertiary alicyclic amines) is 1. The molecule has 1 saturated heterocycles. The Hall–Kier alpha value is -0.120. The third kappa shape index (κ3) is 3.94. The molecular weight excluding hydrogens is 212 g/mol. The SMILES string of the molecule is CC(C)CC(O)CNC1CC(C)N(C2CC2)C1. The molecule has 0 amide bonds. The van der Waals surface area contributed by atoms with E-state index in [4.69, 9.17) is 0 Å². The van der Waals surface area contributed by atoms with Crippen molar-refractivity contribution < 1.29 is 5.11 Å². The van der Waals surface area contributed by atoms with Crippen LogP contribution < -0.4 is 5.32 Å². The molecule has 1 aliphatic heterocycles. The van der Waals surface area contributed by atoms with Gasteiger partial charge in [0.05, 0.1) is 6.10 Å². The van der Waals surface area contributed by atoms with Crippen LogP contribution >= 0.6 is 0 Å². The third-order valence-electron chi connectivity index (χ3n) is 4.02. The number of nitrogens with zero attached hydrogens (tertiary/aromatic N) is 1. The molecule has 2 rings (SSSR count). The van der Waals surface area contributed by atoms with Crippen molar-refractivity contribution in [3.8, 4) is 0 Å². The van der Waals surface area contributed by atoms with Crippen molar-refractivity contribution >= 4 is 0 Å². The van der Waals surface area contributed by atoms with Crippen molar-refractivity contribution in [2.45, 2.75) is 70.7 Å². The van der Waals surface area contributed by atoms with E-state index in [9.17, 15) is 5.11 Å². The van der Waals surface area contributed by atoms with Crippen LogP contribution in [0.25, 0.3) is 0 Å². The van der Waals surface area contributed by atoms with Gasteiger partial charge in [-0.25, -0.2) is 0 Å². The molecule has 3 nitrogen and oxygen atoms in total. The minimum Gasteiger partial charge on any atom is -0.392 e. The van der Waals surface area contributed by atoms with Gasteiger partial charge in [0.2, 0.25) is 0 Å². The highest BCUT2D eigenvalue weighted by atomic mass is 16.3. The summed E-state index contributed by atoms with van der Waals surface area (Å²) in [7, 11) is 0. The van der Waals surface area contributed by atoms with Crippen LogP contribution in [0.15, 0.2) is 0 Å². The highest BCUT2D eigenvalue weighted by molar-refractivity contribution is 4.96. The zero-order chi connectivity index (χ0) is 12.4. The Morgan fingerprint density at radius 2 is 2.06 bits per heavy atom. The van der Waals surface area contributed by atoms with Crippen LogP contribution in [0.3, 0.4) is 0 Å². The van der Waals surface area contributed by atoms with Gasteiger partial charge in [0.15, 0.2) is 0 Å². The molecule has 17 heavy (non-hydrogen) atoms. The maximum Gasteiger partial charge on any atom is 0.0667 e. The van der Waals surface area contributed by atoms with Crippen molar-refractivity contribution in [3.63, 3.8) is 0 Å². The molecule has 0 bridgehead atoms. The topological polar surface area (TPSA) is 35.5 Å². The number of aliphatic hydroxyl groups is 1. The van der Waals surface area contributed by atoms with Crippen molar-refractivity contribution in [1.82, 2.24) is 10.2 Å². The van der Waals surface area contributed by atoms with Gasteiger partial charge in [0, 0.05) is 31.2 Å². The number of rotatable bonds is 6. The van der Waals surface area contributed by atoms with Gasteiger partial charge in [-0.05, 0) is 38.5 Å². The van der Waals surface area contributed by atoms with Crippen LogP contribution in [-0.2, 0) is 0 Å². The first-order valence-corrected chi connectivity index (χ1v) is 7.23. The van der Waals surface area contributed by atoms with Crippen LogP contribution in [0.1, 0.15) is 46.5 Å².